The fourth-order valence-corrected chi connectivity index (χ4v) is 2.52. The molecule has 1 heterocycles. The van der Waals surface area contributed by atoms with Gasteiger partial charge in [-0.05, 0) is 45.9 Å². The summed E-state index contributed by atoms with van der Waals surface area (Å²) in [6.45, 7) is 8.82. The van der Waals surface area contributed by atoms with E-state index in [1.165, 1.54) is 0 Å². The normalized spacial score (nSPS) is 11.2. The van der Waals surface area contributed by atoms with Crippen molar-refractivity contribution < 1.29 is 9.53 Å². The van der Waals surface area contributed by atoms with Crippen molar-refractivity contribution in [3.05, 3.63) is 29.5 Å². The molecule has 0 aliphatic heterocycles. The van der Waals surface area contributed by atoms with Crippen LogP contribution in [0, 0.1) is 6.92 Å². The van der Waals surface area contributed by atoms with Crippen molar-refractivity contribution in [1.82, 2.24) is 4.57 Å². The molecule has 18 heavy (non-hydrogen) atoms. The van der Waals surface area contributed by atoms with Gasteiger partial charge in [-0.25, -0.2) is 0 Å². The van der Waals surface area contributed by atoms with Crippen molar-refractivity contribution in [2.45, 2.75) is 33.7 Å². The molecule has 0 saturated carbocycles. The molecule has 0 N–H and O–H groups in total. The zero-order valence-electron chi connectivity index (χ0n) is 11.4. The predicted octanol–water partition coefficient (Wildman–Crippen LogP) is 3.74. The van der Waals surface area contributed by atoms with Crippen LogP contribution in [0.2, 0.25) is 0 Å². The van der Waals surface area contributed by atoms with Gasteiger partial charge in [-0.1, -0.05) is 0 Å². The van der Waals surface area contributed by atoms with E-state index in [2.05, 4.69) is 18.4 Å². The van der Waals surface area contributed by atoms with Gasteiger partial charge in [-0.2, -0.15) is 0 Å². The first-order chi connectivity index (χ1) is 8.60. The number of hydrogen-bond donors (Lipinski definition) is 0. The van der Waals surface area contributed by atoms with Crippen LogP contribution < -0.4 is 4.74 Å². The Balaban J connectivity index is 2.74. The van der Waals surface area contributed by atoms with E-state index in [0.717, 1.165) is 34.2 Å². The first-order valence-electron chi connectivity index (χ1n) is 6.32. The van der Waals surface area contributed by atoms with Crippen LogP contribution >= 0.6 is 0 Å². The Morgan fingerprint density at radius 2 is 2.11 bits per heavy atom. The zero-order valence-corrected chi connectivity index (χ0v) is 11.4. The first-order valence-corrected chi connectivity index (χ1v) is 6.32. The quantitative estimate of drug-likeness (QED) is 0.768. The van der Waals surface area contributed by atoms with E-state index >= 15 is 0 Å². The standard InChI is InChI=1S/C15H19NO2/c1-5-18-12-6-7-15-13(8-12)14(9-17)11(4)16(15)10(2)3/h6-10H,5H2,1-4H3. The minimum Gasteiger partial charge on any atom is -0.494 e. The molecule has 3 nitrogen and oxygen atoms in total. The Kier molecular flexibility index (Phi) is 3.41. The van der Waals surface area contributed by atoms with Crippen LogP contribution in [0.5, 0.6) is 5.75 Å². The summed E-state index contributed by atoms with van der Waals surface area (Å²) in [7, 11) is 0. The number of aromatic nitrogens is 1. The molecular formula is C15H19NO2. The van der Waals surface area contributed by atoms with Crippen molar-refractivity contribution in [3.8, 4) is 5.75 Å². The van der Waals surface area contributed by atoms with Crippen LogP contribution in [0.25, 0.3) is 10.9 Å². The molecule has 0 saturated heterocycles. The summed E-state index contributed by atoms with van der Waals surface area (Å²) in [5, 5.41) is 0.974. The van der Waals surface area contributed by atoms with Gasteiger partial charge < -0.3 is 9.30 Å². The van der Waals surface area contributed by atoms with E-state index in [1.807, 2.05) is 32.0 Å². The van der Waals surface area contributed by atoms with Crippen LogP contribution in [0.1, 0.15) is 42.9 Å². The van der Waals surface area contributed by atoms with E-state index in [-0.39, 0.29) is 0 Å². The summed E-state index contributed by atoms with van der Waals surface area (Å²) in [6.07, 6.45) is 0.937. The molecular weight excluding hydrogens is 226 g/mol. The number of hydrogen-bond acceptors (Lipinski definition) is 2. The minimum absolute atomic E-state index is 0.333. The third-order valence-electron chi connectivity index (χ3n) is 3.21. The summed E-state index contributed by atoms with van der Waals surface area (Å²) >= 11 is 0. The molecule has 0 amide bonds. The number of rotatable bonds is 4. The van der Waals surface area contributed by atoms with E-state index in [9.17, 15) is 4.79 Å². The molecule has 0 aliphatic rings. The second-order valence-corrected chi connectivity index (χ2v) is 4.69. The number of carbonyl (C=O) groups is 1. The molecule has 2 aromatic rings. The van der Waals surface area contributed by atoms with Crippen LogP contribution in [0.3, 0.4) is 0 Å². The van der Waals surface area contributed by atoms with Gasteiger partial charge >= 0.3 is 0 Å². The van der Waals surface area contributed by atoms with Gasteiger partial charge in [-0.15, -0.1) is 0 Å². The van der Waals surface area contributed by atoms with Gasteiger partial charge in [-0.3, -0.25) is 4.79 Å². The highest BCUT2D eigenvalue weighted by Crippen LogP contribution is 2.30. The summed E-state index contributed by atoms with van der Waals surface area (Å²) < 4.78 is 7.69. The molecule has 96 valence electrons. The molecule has 0 atom stereocenters. The molecule has 0 bridgehead atoms. The summed E-state index contributed by atoms with van der Waals surface area (Å²) in [5.74, 6) is 0.814. The average molecular weight is 245 g/mol. The van der Waals surface area contributed by atoms with E-state index in [0.29, 0.717) is 12.6 Å². The van der Waals surface area contributed by atoms with Crippen molar-refractivity contribution in [2.75, 3.05) is 6.61 Å². The molecule has 0 aliphatic carbocycles. The van der Waals surface area contributed by atoms with E-state index < -0.39 is 0 Å². The maximum absolute atomic E-state index is 11.3. The number of nitrogens with zero attached hydrogens (tertiary/aromatic N) is 1. The van der Waals surface area contributed by atoms with Gasteiger partial charge in [0, 0.05) is 28.2 Å². The van der Waals surface area contributed by atoms with Crippen molar-refractivity contribution in [3.63, 3.8) is 0 Å². The van der Waals surface area contributed by atoms with Gasteiger partial charge in [0.15, 0.2) is 6.29 Å². The Bertz CT molecular complexity index is 582. The second-order valence-electron chi connectivity index (χ2n) is 4.69. The lowest BCUT2D eigenvalue weighted by Gasteiger charge is -2.12. The Morgan fingerprint density at radius 1 is 1.39 bits per heavy atom. The third kappa shape index (κ3) is 1.90. The second kappa shape index (κ2) is 4.84. The maximum atomic E-state index is 11.3. The molecule has 1 aromatic heterocycles. The molecule has 0 fully saturated rings. The number of aldehydes is 1. The van der Waals surface area contributed by atoms with E-state index in [1.54, 1.807) is 0 Å². The van der Waals surface area contributed by atoms with Crippen LogP contribution in [0.15, 0.2) is 18.2 Å². The van der Waals surface area contributed by atoms with Crippen LogP contribution in [-0.2, 0) is 0 Å². The predicted molar refractivity (Wildman–Crippen MR) is 73.6 cm³/mol. The summed E-state index contributed by atoms with van der Waals surface area (Å²) in [6, 6.07) is 6.27. The molecule has 0 radical (unpaired) electrons. The molecule has 0 spiro atoms. The molecule has 2 rings (SSSR count). The maximum Gasteiger partial charge on any atom is 0.152 e. The Hall–Kier alpha value is -1.77. The third-order valence-corrected chi connectivity index (χ3v) is 3.21. The smallest absolute Gasteiger partial charge is 0.152 e. The van der Waals surface area contributed by atoms with Gasteiger partial charge in [0.25, 0.3) is 0 Å². The molecule has 1 aromatic carbocycles. The van der Waals surface area contributed by atoms with Gasteiger partial charge in [0.1, 0.15) is 5.75 Å². The number of fused-ring (bicyclic) bond motifs is 1. The van der Waals surface area contributed by atoms with E-state index in [4.69, 9.17) is 4.74 Å². The Labute approximate surface area is 107 Å². The summed E-state index contributed by atoms with van der Waals surface area (Å²) in [5.41, 5.74) is 2.87. The molecule has 3 heteroatoms. The highest BCUT2D eigenvalue weighted by atomic mass is 16.5. The fraction of sp³-hybridized carbons (Fsp3) is 0.400. The summed E-state index contributed by atoms with van der Waals surface area (Å²) in [4.78, 5) is 11.3. The Morgan fingerprint density at radius 3 is 2.67 bits per heavy atom. The highest BCUT2D eigenvalue weighted by Gasteiger charge is 2.15. The van der Waals surface area contributed by atoms with Crippen LogP contribution in [0.4, 0.5) is 0 Å². The first kappa shape index (κ1) is 12.7. The van der Waals surface area contributed by atoms with Crippen molar-refractivity contribution >= 4 is 17.2 Å². The number of benzene rings is 1. The van der Waals surface area contributed by atoms with Crippen LogP contribution in [-0.4, -0.2) is 17.5 Å². The lowest BCUT2D eigenvalue weighted by Crippen LogP contribution is -2.02. The number of ether oxygens (including phenoxy) is 1. The monoisotopic (exact) mass is 245 g/mol. The average Bonchev–Trinajstić information content (AvgIpc) is 2.60. The van der Waals surface area contributed by atoms with Gasteiger partial charge in [0.2, 0.25) is 0 Å². The van der Waals surface area contributed by atoms with Gasteiger partial charge in [0.05, 0.1) is 6.61 Å². The van der Waals surface area contributed by atoms with Crippen molar-refractivity contribution in [2.24, 2.45) is 0 Å². The lowest BCUT2D eigenvalue weighted by molar-refractivity contribution is 0.112. The SMILES string of the molecule is CCOc1ccc2c(c1)c(C=O)c(C)n2C(C)C. The minimum atomic E-state index is 0.333. The molecule has 0 unspecified atom stereocenters. The number of carbonyl (C=O) groups excluding carboxylic acids is 1. The largest absolute Gasteiger partial charge is 0.494 e. The topological polar surface area (TPSA) is 31.2 Å². The lowest BCUT2D eigenvalue weighted by atomic mass is 10.1. The zero-order chi connectivity index (χ0) is 13.3. The fourth-order valence-electron chi connectivity index (χ4n) is 2.52. The van der Waals surface area contributed by atoms with Crippen molar-refractivity contribution in [1.29, 1.82) is 0 Å². The highest BCUT2D eigenvalue weighted by molar-refractivity contribution is 6.00.